The van der Waals surface area contributed by atoms with Gasteiger partial charge in [0.15, 0.2) is 0 Å². The summed E-state index contributed by atoms with van der Waals surface area (Å²) in [6, 6.07) is 6.96. The molecule has 1 aromatic carbocycles. The van der Waals surface area contributed by atoms with Crippen molar-refractivity contribution in [2.24, 2.45) is 0 Å². The lowest BCUT2D eigenvalue weighted by Crippen LogP contribution is -2.42. The molecule has 1 heterocycles. The molecule has 1 amide bonds. The molecular formula is C19H19ClF3N3O4. The van der Waals surface area contributed by atoms with Gasteiger partial charge in [0, 0.05) is 35.5 Å². The van der Waals surface area contributed by atoms with E-state index in [-0.39, 0.29) is 37.8 Å². The van der Waals surface area contributed by atoms with Crippen molar-refractivity contribution in [1.82, 2.24) is 15.5 Å². The Morgan fingerprint density at radius 2 is 1.97 bits per heavy atom. The van der Waals surface area contributed by atoms with Crippen LogP contribution in [0.25, 0.3) is 17.0 Å². The highest BCUT2D eigenvalue weighted by molar-refractivity contribution is 6.30. The van der Waals surface area contributed by atoms with Crippen molar-refractivity contribution in [2.75, 3.05) is 13.2 Å². The fourth-order valence-corrected chi connectivity index (χ4v) is 2.85. The fourth-order valence-electron chi connectivity index (χ4n) is 2.73. The standard InChI is InChI=1S/C19H19ClF3N3O4/c1-11(18-25-17(26-30-18)12-2-4-13(20)5-3-12)6-7-24-16(27)10-28-14-8-15(9-14)29-19(21,22)23/h2-5,14-15H,1,6-10H2,(H,24,27)/t14-,15+. The first-order valence-electron chi connectivity index (χ1n) is 9.10. The molecule has 1 N–H and O–H groups in total. The average molecular weight is 446 g/mol. The van der Waals surface area contributed by atoms with Crippen LogP contribution in [-0.2, 0) is 14.3 Å². The predicted octanol–water partition coefficient (Wildman–Crippen LogP) is 3.99. The van der Waals surface area contributed by atoms with E-state index in [1.54, 1.807) is 24.3 Å². The van der Waals surface area contributed by atoms with E-state index < -0.39 is 18.6 Å². The molecule has 0 spiro atoms. The maximum Gasteiger partial charge on any atom is 0.522 e. The molecule has 0 aliphatic heterocycles. The van der Waals surface area contributed by atoms with Crippen LogP contribution in [0, 0.1) is 0 Å². The zero-order valence-electron chi connectivity index (χ0n) is 15.7. The van der Waals surface area contributed by atoms with Crippen LogP contribution in [0.4, 0.5) is 13.2 Å². The first-order chi connectivity index (χ1) is 14.2. The van der Waals surface area contributed by atoms with Crippen LogP contribution in [0.1, 0.15) is 25.2 Å². The molecule has 7 nitrogen and oxygen atoms in total. The van der Waals surface area contributed by atoms with Crippen molar-refractivity contribution < 1.29 is 32.0 Å². The highest BCUT2D eigenvalue weighted by Gasteiger charge is 2.40. The molecule has 0 bridgehead atoms. The summed E-state index contributed by atoms with van der Waals surface area (Å²) < 4.78 is 50.4. The van der Waals surface area contributed by atoms with Gasteiger partial charge in [-0.25, -0.2) is 0 Å². The lowest BCUT2D eigenvalue weighted by Gasteiger charge is -2.34. The zero-order chi connectivity index (χ0) is 21.7. The number of hydrogen-bond acceptors (Lipinski definition) is 6. The van der Waals surface area contributed by atoms with Gasteiger partial charge in [-0.2, -0.15) is 4.98 Å². The highest BCUT2D eigenvalue weighted by atomic mass is 35.5. The molecule has 11 heteroatoms. The van der Waals surface area contributed by atoms with Crippen LogP contribution >= 0.6 is 11.6 Å². The number of ether oxygens (including phenoxy) is 2. The van der Waals surface area contributed by atoms with Crippen molar-refractivity contribution in [1.29, 1.82) is 0 Å². The van der Waals surface area contributed by atoms with Crippen molar-refractivity contribution in [3.8, 4) is 11.4 Å². The lowest BCUT2D eigenvalue weighted by atomic mass is 9.92. The number of halogens is 4. The summed E-state index contributed by atoms with van der Waals surface area (Å²) in [5, 5.41) is 7.13. The van der Waals surface area contributed by atoms with E-state index in [9.17, 15) is 18.0 Å². The Bertz CT molecular complexity index is 880. The Balaban J connectivity index is 1.33. The number of benzene rings is 1. The first-order valence-corrected chi connectivity index (χ1v) is 9.48. The second-order valence-electron chi connectivity index (χ2n) is 6.72. The van der Waals surface area contributed by atoms with E-state index in [0.717, 1.165) is 5.56 Å². The Hall–Kier alpha value is -2.43. The number of nitrogens with zero attached hydrogens (tertiary/aromatic N) is 2. The van der Waals surface area contributed by atoms with Crippen LogP contribution in [0.3, 0.4) is 0 Å². The van der Waals surface area contributed by atoms with Crippen LogP contribution in [0.15, 0.2) is 35.4 Å². The molecule has 1 fully saturated rings. The highest BCUT2D eigenvalue weighted by Crippen LogP contribution is 2.32. The van der Waals surface area contributed by atoms with E-state index in [1.165, 1.54) is 0 Å². The lowest BCUT2D eigenvalue weighted by molar-refractivity contribution is -0.357. The second-order valence-corrected chi connectivity index (χ2v) is 7.16. The van der Waals surface area contributed by atoms with Crippen LogP contribution in [0.2, 0.25) is 5.02 Å². The summed E-state index contributed by atoms with van der Waals surface area (Å²) in [4.78, 5) is 16.1. The second kappa shape index (κ2) is 9.59. The summed E-state index contributed by atoms with van der Waals surface area (Å²) in [5.41, 5.74) is 1.29. The van der Waals surface area contributed by atoms with Crippen molar-refractivity contribution in [2.45, 2.75) is 37.8 Å². The van der Waals surface area contributed by atoms with Crippen molar-refractivity contribution >= 4 is 23.1 Å². The third-order valence-electron chi connectivity index (χ3n) is 4.38. The number of alkyl halides is 3. The average Bonchev–Trinajstić information content (AvgIpc) is 3.13. The van der Waals surface area contributed by atoms with E-state index in [1.807, 2.05) is 0 Å². The molecule has 1 aliphatic carbocycles. The van der Waals surface area contributed by atoms with Gasteiger partial charge in [-0.3, -0.25) is 9.53 Å². The maximum atomic E-state index is 12.0. The number of rotatable bonds is 9. The number of carbonyl (C=O) groups is 1. The Kier molecular flexibility index (Phi) is 7.11. The number of aromatic nitrogens is 2. The van der Waals surface area contributed by atoms with Gasteiger partial charge in [-0.1, -0.05) is 23.3 Å². The quantitative estimate of drug-likeness (QED) is 0.628. The molecule has 1 aliphatic rings. The van der Waals surface area contributed by atoms with Crippen molar-refractivity contribution in [3.05, 3.63) is 41.8 Å². The van der Waals surface area contributed by atoms with Gasteiger partial charge in [0.1, 0.15) is 6.61 Å². The number of hydrogen-bond donors (Lipinski definition) is 1. The van der Waals surface area contributed by atoms with Gasteiger partial charge in [0.25, 0.3) is 5.89 Å². The molecule has 1 aromatic heterocycles. The summed E-state index contributed by atoms with van der Waals surface area (Å²) in [5.74, 6) is 0.277. The largest absolute Gasteiger partial charge is 0.522 e. The number of carbonyl (C=O) groups excluding carboxylic acids is 1. The van der Waals surface area contributed by atoms with Crippen LogP contribution in [-0.4, -0.2) is 47.8 Å². The van der Waals surface area contributed by atoms with Gasteiger partial charge in [-0.05, 0) is 30.7 Å². The first kappa shape index (κ1) is 22.3. The molecule has 1 saturated carbocycles. The van der Waals surface area contributed by atoms with E-state index in [4.69, 9.17) is 20.9 Å². The summed E-state index contributed by atoms with van der Waals surface area (Å²) in [6.45, 7) is 3.90. The molecule has 0 atom stereocenters. The smallest absolute Gasteiger partial charge is 0.368 e. The minimum Gasteiger partial charge on any atom is -0.368 e. The van der Waals surface area contributed by atoms with Crippen molar-refractivity contribution in [3.63, 3.8) is 0 Å². The zero-order valence-corrected chi connectivity index (χ0v) is 16.5. The van der Waals surface area contributed by atoms with E-state index in [0.29, 0.717) is 22.8 Å². The molecular weight excluding hydrogens is 427 g/mol. The summed E-state index contributed by atoms with van der Waals surface area (Å²) in [7, 11) is 0. The minimum atomic E-state index is -4.65. The monoisotopic (exact) mass is 445 g/mol. The van der Waals surface area contributed by atoms with Gasteiger partial charge in [0.05, 0.1) is 12.2 Å². The number of amides is 1. The molecule has 2 aromatic rings. The summed E-state index contributed by atoms with van der Waals surface area (Å²) >= 11 is 5.85. The topological polar surface area (TPSA) is 86.5 Å². The Labute approximate surface area is 175 Å². The normalized spacial score (nSPS) is 18.7. The molecule has 0 unspecified atom stereocenters. The van der Waals surface area contributed by atoms with Crippen LogP contribution in [0.5, 0.6) is 0 Å². The van der Waals surface area contributed by atoms with Gasteiger partial charge in [-0.15, -0.1) is 13.2 Å². The predicted molar refractivity (Wildman–Crippen MR) is 101 cm³/mol. The van der Waals surface area contributed by atoms with Gasteiger partial charge < -0.3 is 14.6 Å². The minimum absolute atomic E-state index is 0.108. The Morgan fingerprint density at radius 1 is 1.27 bits per heavy atom. The SMILES string of the molecule is C=C(CCNC(=O)CO[C@H]1C[C@@H](OC(F)(F)F)C1)c1nc(-c2ccc(Cl)cc2)no1. The maximum absolute atomic E-state index is 12.0. The molecule has 162 valence electrons. The molecule has 0 saturated heterocycles. The van der Waals surface area contributed by atoms with Gasteiger partial charge >= 0.3 is 6.36 Å². The third-order valence-corrected chi connectivity index (χ3v) is 4.63. The fraction of sp³-hybridized carbons (Fsp3) is 0.421. The Morgan fingerprint density at radius 3 is 2.63 bits per heavy atom. The van der Waals surface area contributed by atoms with E-state index >= 15 is 0 Å². The van der Waals surface area contributed by atoms with Crippen LogP contribution < -0.4 is 5.32 Å². The van der Waals surface area contributed by atoms with Gasteiger partial charge in [0.2, 0.25) is 11.7 Å². The van der Waals surface area contributed by atoms with E-state index in [2.05, 4.69) is 26.8 Å². The summed E-state index contributed by atoms with van der Waals surface area (Å²) in [6.07, 6.45) is -5.38. The number of nitrogens with one attached hydrogen (secondary N) is 1. The molecule has 3 rings (SSSR count). The third kappa shape index (κ3) is 6.54. The molecule has 30 heavy (non-hydrogen) atoms. The molecule has 0 radical (unpaired) electrons.